The van der Waals surface area contributed by atoms with Crippen LogP contribution in [0, 0.1) is 0 Å². The van der Waals surface area contributed by atoms with Crippen LogP contribution in [0.4, 0.5) is 13.2 Å². The molecule has 0 aliphatic carbocycles. The Balaban J connectivity index is 1.30. The number of likely N-dealkylation sites (tertiary alicyclic amines) is 1. The summed E-state index contributed by atoms with van der Waals surface area (Å²) in [5.74, 6) is -0.417. The third kappa shape index (κ3) is 9.18. The van der Waals surface area contributed by atoms with E-state index < -0.39 is 17.3 Å². The Kier molecular flexibility index (Phi) is 10.6. The lowest BCUT2D eigenvalue weighted by atomic mass is 9.75. The molecule has 0 radical (unpaired) electrons. The molecule has 0 saturated carbocycles. The van der Waals surface area contributed by atoms with Gasteiger partial charge in [0.1, 0.15) is 5.60 Å². The molecule has 0 bridgehead atoms. The molecule has 1 saturated heterocycles. The first-order valence-electron chi connectivity index (χ1n) is 15.3. The van der Waals surface area contributed by atoms with Gasteiger partial charge in [-0.3, -0.25) is 9.59 Å². The van der Waals surface area contributed by atoms with Gasteiger partial charge in [-0.25, -0.2) is 0 Å². The van der Waals surface area contributed by atoms with Gasteiger partial charge >= 0.3 is 12.1 Å². The zero-order valence-electron chi connectivity index (χ0n) is 26.0. The number of halogens is 3. The summed E-state index contributed by atoms with van der Waals surface area (Å²) in [5, 5.41) is 3.15. The number of amides is 1. The van der Waals surface area contributed by atoms with Crippen LogP contribution in [-0.4, -0.2) is 48.1 Å². The minimum absolute atomic E-state index is 0.0150. The molecular formula is C36H43F3N2O3. The predicted molar refractivity (Wildman–Crippen MR) is 167 cm³/mol. The molecule has 3 aromatic rings. The second-order valence-corrected chi connectivity index (χ2v) is 13.0. The van der Waals surface area contributed by atoms with E-state index in [0.717, 1.165) is 63.0 Å². The van der Waals surface area contributed by atoms with Gasteiger partial charge in [0.15, 0.2) is 0 Å². The second kappa shape index (κ2) is 14.0. The summed E-state index contributed by atoms with van der Waals surface area (Å²) in [4.78, 5) is 28.4. The third-order valence-corrected chi connectivity index (χ3v) is 8.25. The van der Waals surface area contributed by atoms with Crippen molar-refractivity contribution in [3.05, 3.63) is 95.6 Å². The topological polar surface area (TPSA) is 58.6 Å². The van der Waals surface area contributed by atoms with Gasteiger partial charge in [0, 0.05) is 30.1 Å². The van der Waals surface area contributed by atoms with Crippen LogP contribution in [0.5, 0.6) is 0 Å². The minimum Gasteiger partial charge on any atom is -0.460 e. The first-order chi connectivity index (χ1) is 20.7. The third-order valence-electron chi connectivity index (χ3n) is 8.25. The average Bonchev–Trinajstić information content (AvgIpc) is 2.97. The Morgan fingerprint density at radius 1 is 0.841 bits per heavy atom. The molecule has 0 aromatic heterocycles. The number of nitrogens with zero attached hydrogens (tertiary/aromatic N) is 1. The average molecular weight is 609 g/mol. The molecule has 1 amide bonds. The molecule has 3 aromatic carbocycles. The number of benzene rings is 3. The maximum Gasteiger partial charge on any atom is 0.416 e. The highest BCUT2D eigenvalue weighted by molar-refractivity contribution is 6.01. The molecule has 8 heteroatoms. The smallest absolute Gasteiger partial charge is 0.416 e. The van der Waals surface area contributed by atoms with Gasteiger partial charge in [-0.15, -0.1) is 0 Å². The van der Waals surface area contributed by atoms with Crippen LogP contribution in [0.3, 0.4) is 0 Å². The quantitative estimate of drug-likeness (QED) is 0.237. The summed E-state index contributed by atoms with van der Waals surface area (Å²) < 4.78 is 44.7. The zero-order chi connectivity index (χ0) is 32.0. The molecule has 1 fully saturated rings. The first-order valence-corrected chi connectivity index (χ1v) is 15.3. The van der Waals surface area contributed by atoms with Crippen molar-refractivity contribution in [3.8, 4) is 11.1 Å². The van der Waals surface area contributed by atoms with Gasteiger partial charge in [-0.05, 0) is 87.9 Å². The van der Waals surface area contributed by atoms with Crippen molar-refractivity contribution in [2.75, 3.05) is 19.6 Å². The number of ether oxygens (including phenoxy) is 1. The molecule has 1 aliphatic rings. The molecule has 1 heterocycles. The number of esters is 1. The molecule has 44 heavy (non-hydrogen) atoms. The van der Waals surface area contributed by atoms with Crippen LogP contribution >= 0.6 is 0 Å². The van der Waals surface area contributed by atoms with Crippen LogP contribution in [0.15, 0.2) is 78.9 Å². The van der Waals surface area contributed by atoms with Crippen molar-refractivity contribution in [2.45, 2.75) is 83.0 Å². The second-order valence-electron chi connectivity index (χ2n) is 13.0. The minimum atomic E-state index is -4.41. The van der Waals surface area contributed by atoms with Crippen molar-refractivity contribution >= 4 is 11.9 Å². The Labute approximate surface area is 258 Å². The van der Waals surface area contributed by atoms with Crippen molar-refractivity contribution in [1.29, 1.82) is 0 Å². The Morgan fingerprint density at radius 3 is 2.07 bits per heavy atom. The van der Waals surface area contributed by atoms with E-state index in [1.54, 1.807) is 24.3 Å². The number of nitrogens with one attached hydrogen (secondary N) is 1. The molecule has 236 valence electrons. The fourth-order valence-corrected chi connectivity index (χ4v) is 5.90. The molecule has 4 rings (SSSR count). The Bertz CT molecular complexity index is 1390. The number of alkyl halides is 3. The Hall–Kier alpha value is -3.65. The fraction of sp³-hybridized carbons (Fsp3) is 0.444. The molecule has 0 spiro atoms. The maximum absolute atomic E-state index is 13.3. The van der Waals surface area contributed by atoms with Crippen molar-refractivity contribution < 1.29 is 27.5 Å². The number of rotatable bonds is 10. The summed E-state index contributed by atoms with van der Waals surface area (Å²) in [7, 11) is 0. The van der Waals surface area contributed by atoms with Gasteiger partial charge in [-0.2, -0.15) is 13.2 Å². The molecular weight excluding hydrogens is 565 g/mol. The van der Waals surface area contributed by atoms with E-state index in [1.165, 1.54) is 12.1 Å². The number of hydrogen-bond acceptors (Lipinski definition) is 4. The van der Waals surface area contributed by atoms with E-state index in [0.29, 0.717) is 23.1 Å². The van der Waals surface area contributed by atoms with E-state index in [4.69, 9.17) is 4.74 Å². The normalized spacial score (nSPS) is 16.2. The number of carbonyl (C=O) groups is 2. The van der Waals surface area contributed by atoms with Crippen LogP contribution < -0.4 is 5.32 Å². The van der Waals surface area contributed by atoms with Gasteiger partial charge in [-0.1, -0.05) is 67.6 Å². The largest absolute Gasteiger partial charge is 0.460 e. The highest BCUT2D eigenvalue weighted by atomic mass is 19.4. The van der Waals surface area contributed by atoms with Gasteiger partial charge in [0.05, 0.1) is 12.0 Å². The predicted octanol–water partition coefficient (Wildman–Crippen LogP) is 8.04. The van der Waals surface area contributed by atoms with Crippen molar-refractivity contribution in [2.24, 2.45) is 0 Å². The van der Waals surface area contributed by atoms with Crippen LogP contribution in [-0.2, 0) is 21.1 Å². The van der Waals surface area contributed by atoms with E-state index in [-0.39, 0.29) is 23.3 Å². The van der Waals surface area contributed by atoms with Gasteiger partial charge in [0.2, 0.25) is 0 Å². The lowest BCUT2D eigenvalue weighted by Crippen LogP contribution is -2.45. The first kappa shape index (κ1) is 33.2. The van der Waals surface area contributed by atoms with Crippen LogP contribution in [0.25, 0.3) is 11.1 Å². The Morgan fingerprint density at radius 2 is 1.45 bits per heavy atom. The lowest BCUT2D eigenvalue weighted by molar-refractivity contribution is -0.156. The van der Waals surface area contributed by atoms with Gasteiger partial charge in [0.25, 0.3) is 5.91 Å². The summed E-state index contributed by atoms with van der Waals surface area (Å²) in [6.07, 6.45) is -0.717. The van der Waals surface area contributed by atoms with Crippen LogP contribution in [0.1, 0.15) is 81.3 Å². The maximum atomic E-state index is 13.3. The lowest BCUT2D eigenvalue weighted by Gasteiger charge is -2.34. The summed E-state index contributed by atoms with van der Waals surface area (Å²) in [6.45, 7) is 10.4. The van der Waals surface area contributed by atoms with E-state index >= 15 is 0 Å². The zero-order valence-corrected chi connectivity index (χ0v) is 26.0. The van der Waals surface area contributed by atoms with Crippen LogP contribution in [0.2, 0.25) is 0 Å². The molecule has 1 atom stereocenters. The fourth-order valence-electron chi connectivity index (χ4n) is 5.90. The molecule has 5 nitrogen and oxygen atoms in total. The molecule has 1 N–H and O–H groups in total. The van der Waals surface area contributed by atoms with Crippen molar-refractivity contribution in [3.63, 3.8) is 0 Å². The molecule has 1 aliphatic heterocycles. The standard InChI is InChI=1S/C36H43F3N2O3/c1-34(2,3)44-32(42)25-35(4,27-11-6-5-7-12-27)21-10-22-41-23-19-29(20-24-41)40-33(43)31-14-9-8-13-30(31)26-15-17-28(18-16-26)36(37,38)39/h5-9,11-18,29H,10,19-25H2,1-4H3,(H,40,43). The molecule has 1 unspecified atom stereocenters. The highest BCUT2D eigenvalue weighted by Gasteiger charge is 2.33. The van der Waals surface area contributed by atoms with Gasteiger partial charge < -0.3 is 15.0 Å². The SMILES string of the molecule is CC(C)(C)OC(=O)CC(C)(CCCN1CCC(NC(=O)c2ccccc2-c2ccc(C(F)(F)F)cc2)CC1)c1ccccc1. The summed E-state index contributed by atoms with van der Waals surface area (Å²) in [6, 6.07) is 22.1. The van der Waals surface area contributed by atoms with Crippen molar-refractivity contribution in [1.82, 2.24) is 10.2 Å². The van der Waals surface area contributed by atoms with E-state index in [1.807, 2.05) is 39.0 Å². The number of carbonyl (C=O) groups excluding carboxylic acids is 2. The highest BCUT2D eigenvalue weighted by Crippen LogP contribution is 2.34. The summed E-state index contributed by atoms with van der Waals surface area (Å²) >= 11 is 0. The van der Waals surface area contributed by atoms with E-state index in [2.05, 4.69) is 29.3 Å². The number of piperidine rings is 1. The monoisotopic (exact) mass is 608 g/mol. The van der Waals surface area contributed by atoms with E-state index in [9.17, 15) is 22.8 Å². The summed E-state index contributed by atoms with van der Waals surface area (Å²) in [5.41, 5.74) is 1.15. The number of hydrogen-bond donors (Lipinski definition) is 1.